The van der Waals surface area contributed by atoms with Gasteiger partial charge in [0.2, 0.25) is 10.0 Å². The van der Waals surface area contributed by atoms with Crippen LogP contribution in [-0.4, -0.2) is 36.5 Å². The van der Waals surface area contributed by atoms with Gasteiger partial charge in [0.25, 0.3) is 0 Å². The molecule has 1 aliphatic heterocycles. The van der Waals surface area contributed by atoms with Gasteiger partial charge in [0.1, 0.15) is 0 Å². The zero-order valence-corrected chi connectivity index (χ0v) is 13.6. The average Bonchev–Trinajstić information content (AvgIpc) is 3.04. The van der Waals surface area contributed by atoms with Crippen molar-refractivity contribution in [3.05, 3.63) is 54.0 Å². The summed E-state index contributed by atoms with van der Waals surface area (Å²) in [7, 11) is -2.21. The van der Waals surface area contributed by atoms with Crippen LogP contribution in [0.25, 0.3) is 5.70 Å². The van der Waals surface area contributed by atoms with E-state index in [1.165, 1.54) is 25.4 Å². The lowest BCUT2D eigenvalue weighted by Crippen LogP contribution is -2.28. The number of nitrogens with zero attached hydrogens (tertiary/aromatic N) is 1. The van der Waals surface area contributed by atoms with Crippen LogP contribution in [0.5, 0.6) is 0 Å². The Hall–Kier alpha value is -2.78. The number of nitrogens with one attached hydrogen (secondary N) is 3. The maximum atomic E-state index is 11.9. The minimum absolute atomic E-state index is 0.121. The molecule has 0 bridgehead atoms. The van der Waals surface area contributed by atoms with E-state index in [1.807, 2.05) is 6.07 Å². The monoisotopic (exact) mass is 348 g/mol. The molecule has 1 aromatic carbocycles. The van der Waals surface area contributed by atoms with Gasteiger partial charge in [-0.2, -0.15) is 0 Å². The number of aromatic amines is 1. The molecule has 2 aromatic rings. The molecule has 1 aromatic heterocycles. The summed E-state index contributed by atoms with van der Waals surface area (Å²) >= 11 is 0. The standard InChI is InChI=1S/C15H16N4O4S/c1-16-24(22,23)11-4-2-3-10(7-11)18-14-9-19(15(20)21)8-13-12(14)5-6-17-13/h2-7,9,16-18H,8H2,1H3,(H,20,21). The summed E-state index contributed by atoms with van der Waals surface area (Å²) in [5, 5.41) is 12.3. The zero-order chi connectivity index (χ0) is 17.3. The number of sulfonamides is 1. The molecule has 0 radical (unpaired) electrons. The van der Waals surface area contributed by atoms with Gasteiger partial charge in [-0.1, -0.05) is 6.07 Å². The molecule has 0 aliphatic carbocycles. The molecule has 8 nitrogen and oxygen atoms in total. The highest BCUT2D eigenvalue weighted by Gasteiger charge is 2.22. The molecule has 0 saturated carbocycles. The second-order valence-electron chi connectivity index (χ2n) is 5.18. The molecule has 24 heavy (non-hydrogen) atoms. The van der Waals surface area contributed by atoms with Crippen molar-refractivity contribution in [2.75, 3.05) is 12.4 Å². The Morgan fingerprint density at radius 3 is 2.83 bits per heavy atom. The Morgan fingerprint density at radius 2 is 2.12 bits per heavy atom. The average molecular weight is 348 g/mol. The second kappa shape index (κ2) is 6.02. The third kappa shape index (κ3) is 2.99. The lowest BCUT2D eigenvalue weighted by Gasteiger charge is -2.23. The summed E-state index contributed by atoms with van der Waals surface area (Å²) in [6.45, 7) is 0.233. The van der Waals surface area contributed by atoms with E-state index < -0.39 is 16.1 Å². The van der Waals surface area contributed by atoms with Crippen LogP contribution in [0.4, 0.5) is 10.5 Å². The highest BCUT2D eigenvalue weighted by molar-refractivity contribution is 7.89. The lowest BCUT2D eigenvalue weighted by molar-refractivity contribution is 0.160. The van der Waals surface area contributed by atoms with E-state index in [-0.39, 0.29) is 11.4 Å². The first kappa shape index (κ1) is 16.1. The van der Waals surface area contributed by atoms with E-state index >= 15 is 0 Å². The summed E-state index contributed by atoms with van der Waals surface area (Å²) in [6, 6.07) is 8.13. The molecule has 0 unspecified atom stereocenters. The van der Waals surface area contributed by atoms with E-state index in [9.17, 15) is 18.3 Å². The van der Waals surface area contributed by atoms with Crippen LogP contribution in [-0.2, 0) is 16.6 Å². The zero-order valence-electron chi connectivity index (χ0n) is 12.8. The third-order valence-electron chi connectivity index (χ3n) is 3.67. The first-order valence-electron chi connectivity index (χ1n) is 7.09. The van der Waals surface area contributed by atoms with E-state index in [1.54, 1.807) is 18.3 Å². The number of hydrogen-bond donors (Lipinski definition) is 4. The van der Waals surface area contributed by atoms with E-state index in [0.29, 0.717) is 11.4 Å². The van der Waals surface area contributed by atoms with Crippen LogP contribution in [0.15, 0.2) is 47.6 Å². The number of rotatable bonds is 4. The Morgan fingerprint density at radius 1 is 1.33 bits per heavy atom. The fourth-order valence-corrected chi connectivity index (χ4v) is 3.24. The third-order valence-corrected chi connectivity index (χ3v) is 5.09. The van der Waals surface area contributed by atoms with Crippen molar-refractivity contribution in [3.63, 3.8) is 0 Å². The predicted octanol–water partition coefficient (Wildman–Crippen LogP) is 1.83. The maximum absolute atomic E-state index is 11.9. The molecule has 3 rings (SSSR count). The van der Waals surface area contributed by atoms with Gasteiger partial charge < -0.3 is 15.4 Å². The van der Waals surface area contributed by atoms with E-state index in [4.69, 9.17) is 0 Å². The number of benzene rings is 1. The van der Waals surface area contributed by atoms with Crippen molar-refractivity contribution in [1.82, 2.24) is 14.6 Å². The van der Waals surface area contributed by atoms with Gasteiger partial charge in [0.15, 0.2) is 0 Å². The maximum Gasteiger partial charge on any atom is 0.411 e. The highest BCUT2D eigenvalue weighted by Crippen LogP contribution is 2.28. The number of amides is 1. The van der Waals surface area contributed by atoms with Crippen molar-refractivity contribution >= 4 is 27.5 Å². The molecule has 4 N–H and O–H groups in total. The molecule has 1 aliphatic rings. The van der Waals surface area contributed by atoms with E-state index in [2.05, 4.69) is 15.0 Å². The topological polar surface area (TPSA) is 115 Å². The molecule has 2 heterocycles. The van der Waals surface area contributed by atoms with Crippen molar-refractivity contribution < 1.29 is 18.3 Å². The predicted molar refractivity (Wildman–Crippen MR) is 88.6 cm³/mol. The number of H-pyrrole nitrogens is 1. The first-order valence-corrected chi connectivity index (χ1v) is 8.57. The quantitative estimate of drug-likeness (QED) is 0.673. The van der Waals surface area contributed by atoms with Gasteiger partial charge in [-0.15, -0.1) is 0 Å². The Balaban J connectivity index is 1.95. The Bertz CT molecular complexity index is 917. The van der Waals surface area contributed by atoms with Crippen molar-refractivity contribution in [2.45, 2.75) is 11.4 Å². The molecule has 1 amide bonds. The van der Waals surface area contributed by atoms with Crippen LogP contribution >= 0.6 is 0 Å². The minimum Gasteiger partial charge on any atom is -0.465 e. The number of carbonyl (C=O) groups is 1. The van der Waals surface area contributed by atoms with Crippen LogP contribution in [0.3, 0.4) is 0 Å². The molecule has 0 spiro atoms. The summed E-state index contributed by atoms with van der Waals surface area (Å²) in [6.07, 6.45) is 2.15. The lowest BCUT2D eigenvalue weighted by atomic mass is 10.1. The van der Waals surface area contributed by atoms with Crippen molar-refractivity contribution in [1.29, 1.82) is 0 Å². The fraction of sp³-hybridized carbons (Fsp3) is 0.133. The van der Waals surface area contributed by atoms with Gasteiger partial charge in [0, 0.05) is 29.3 Å². The number of fused-ring (bicyclic) bond motifs is 1. The SMILES string of the molecule is CNS(=O)(=O)c1cccc(NC2=CN(C(=O)O)Cc3[nH]ccc32)c1. The van der Waals surface area contributed by atoms with Gasteiger partial charge in [-0.05, 0) is 31.3 Å². The molecule has 9 heteroatoms. The number of carboxylic acid groups (broad SMARTS) is 1. The largest absolute Gasteiger partial charge is 0.465 e. The molecule has 126 valence electrons. The molecule has 0 fully saturated rings. The van der Waals surface area contributed by atoms with Crippen molar-refractivity contribution in [2.24, 2.45) is 0 Å². The van der Waals surface area contributed by atoms with Crippen molar-refractivity contribution in [3.8, 4) is 0 Å². The molecule has 0 saturated heterocycles. The summed E-state index contributed by atoms with van der Waals surface area (Å²) in [4.78, 5) is 15.5. The van der Waals surface area contributed by atoms with Crippen LogP contribution < -0.4 is 10.0 Å². The smallest absolute Gasteiger partial charge is 0.411 e. The number of aromatic nitrogens is 1. The Kier molecular flexibility index (Phi) is 4.04. The van der Waals surface area contributed by atoms with Crippen LogP contribution in [0, 0.1) is 0 Å². The first-order chi connectivity index (χ1) is 11.4. The fourth-order valence-electron chi connectivity index (χ4n) is 2.47. The summed E-state index contributed by atoms with van der Waals surface area (Å²) in [5.74, 6) is 0. The minimum atomic E-state index is -3.56. The summed E-state index contributed by atoms with van der Waals surface area (Å²) < 4.78 is 26.1. The molecule has 0 atom stereocenters. The number of hydrogen-bond acceptors (Lipinski definition) is 4. The van der Waals surface area contributed by atoms with Crippen LogP contribution in [0.2, 0.25) is 0 Å². The second-order valence-corrected chi connectivity index (χ2v) is 7.07. The van der Waals surface area contributed by atoms with Gasteiger partial charge in [-0.3, -0.25) is 4.90 Å². The van der Waals surface area contributed by atoms with Gasteiger partial charge in [-0.25, -0.2) is 17.9 Å². The Labute approximate surface area is 138 Å². The molecular weight excluding hydrogens is 332 g/mol. The normalized spacial score (nSPS) is 14.0. The summed E-state index contributed by atoms with van der Waals surface area (Å²) in [5.41, 5.74) is 2.71. The highest BCUT2D eigenvalue weighted by atomic mass is 32.2. The van der Waals surface area contributed by atoms with Crippen LogP contribution in [0.1, 0.15) is 11.3 Å². The number of anilines is 1. The van der Waals surface area contributed by atoms with E-state index in [0.717, 1.165) is 16.2 Å². The molecular formula is C15H16N4O4S. The van der Waals surface area contributed by atoms with Gasteiger partial charge in [0.05, 0.1) is 17.1 Å². The van der Waals surface area contributed by atoms with Gasteiger partial charge >= 0.3 is 6.09 Å².